The summed E-state index contributed by atoms with van der Waals surface area (Å²) in [5, 5.41) is 14.5. The normalized spacial score (nSPS) is 12.6. The number of para-hydroxylation sites is 1. The van der Waals surface area contributed by atoms with Gasteiger partial charge < -0.3 is 9.84 Å². The summed E-state index contributed by atoms with van der Waals surface area (Å²) in [6.07, 6.45) is -0.815. The number of rotatable bonds is 5. The van der Waals surface area contributed by atoms with Crippen LogP contribution in [0, 0.1) is 0 Å². The monoisotopic (exact) mass is 366 g/mol. The van der Waals surface area contributed by atoms with Crippen molar-refractivity contribution in [1.82, 2.24) is 5.43 Å². The zero-order valence-electron chi connectivity index (χ0n) is 13.1. The number of benzene rings is 2. The number of hydrogen-bond acceptors (Lipinski definition) is 4. The number of carbonyl (C=O) groups excluding carboxylic acids is 1. The molecule has 2 aromatic rings. The first-order valence-corrected chi connectivity index (χ1v) is 7.88. The summed E-state index contributed by atoms with van der Waals surface area (Å²) in [5.74, 6) is -0.00819. The fourth-order valence-electron chi connectivity index (χ4n) is 1.88. The van der Waals surface area contributed by atoms with E-state index in [0.717, 1.165) is 0 Å². The van der Waals surface area contributed by atoms with Gasteiger partial charge in [0.15, 0.2) is 6.10 Å². The van der Waals surface area contributed by atoms with Gasteiger partial charge in [0.1, 0.15) is 11.5 Å². The predicted molar refractivity (Wildman–Crippen MR) is 95.0 cm³/mol. The molecule has 1 unspecified atom stereocenters. The second-order valence-electron chi connectivity index (χ2n) is 5.03. The van der Waals surface area contributed by atoms with Crippen LogP contribution in [-0.4, -0.2) is 22.8 Å². The van der Waals surface area contributed by atoms with E-state index >= 15 is 0 Å². The Bertz CT molecular complexity index is 778. The largest absolute Gasteiger partial charge is 0.507 e. The number of aromatic hydroxyl groups is 1. The lowest BCUT2D eigenvalue weighted by Gasteiger charge is -2.14. The Balaban J connectivity index is 2.01. The van der Waals surface area contributed by atoms with Crippen LogP contribution in [0.3, 0.4) is 0 Å². The van der Waals surface area contributed by atoms with Crippen LogP contribution >= 0.6 is 23.2 Å². The van der Waals surface area contributed by atoms with Crippen molar-refractivity contribution < 1.29 is 14.6 Å². The summed E-state index contributed by atoms with van der Waals surface area (Å²) in [5.41, 5.74) is 3.41. The Morgan fingerprint density at radius 3 is 2.62 bits per heavy atom. The number of ether oxygens (including phenoxy) is 1. The van der Waals surface area contributed by atoms with Crippen molar-refractivity contribution in [2.45, 2.75) is 20.0 Å². The van der Waals surface area contributed by atoms with E-state index in [1.54, 1.807) is 50.2 Å². The first kappa shape index (κ1) is 18.1. The van der Waals surface area contributed by atoms with Crippen LogP contribution in [-0.2, 0) is 4.79 Å². The van der Waals surface area contributed by atoms with Gasteiger partial charge in [-0.05, 0) is 44.2 Å². The van der Waals surface area contributed by atoms with Crippen LogP contribution in [0.2, 0.25) is 10.0 Å². The predicted octanol–water partition coefficient (Wildman–Crippen LogP) is 4.01. The van der Waals surface area contributed by atoms with Gasteiger partial charge in [0.05, 0.1) is 10.7 Å². The molecule has 1 atom stereocenters. The fraction of sp³-hybridized carbons (Fsp3) is 0.176. The van der Waals surface area contributed by atoms with Crippen LogP contribution < -0.4 is 10.2 Å². The molecule has 2 aromatic carbocycles. The third-order valence-electron chi connectivity index (χ3n) is 3.19. The topological polar surface area (TPSA) is 70.9 Å². The lowest BCUT2D eigenvalue weighted by Crippen LogP contribution is -2.34. The highest BCUT2D eigenvalue weighted by Gasteiger charge is 2.16. The Morgan fingerprint density at radius 1 is 1.25 bits per heavy atom. The first-order valence-electron chi connectivity index (χ1n) is 7.12. The number of phenolic OH excluding ortho intramolecular Hbond substituents is 1. The van der Waals surface area contributed by atoms with Gasteiger partial charge in [0.2, 0.25) is 0 Å². The molecule has 126 valence electrons. The third kappa shape index (κ3) is 4.63. The van der Waals surface area contributed by atoms with Gasteiger partial charge in [-0.25, -0.2) is 5.43 Å². The number of halogens is 2. The first-order chi connectivity index (χ1) is 11.4. The molecule has 24 heavy (non-hydrogen) atoms. The van der Waals surface area contributed by atoms with E-state index in [1.807, 2.05) is 0 Å². The molecule has 0 aliphatic heterocycles. The quantitative estimate of drug-likeness (QED) is 0.620. The highest BCUT2D eigenvalue weighted by Crippen LogP contribution is 2.28. The number of nitrogens with zero attached hydrogens (tertiary/aromatic N) is 1. The van der Waals surface area contributed by atoms with Crippen molar-refractivity contribution in [2.75, 3.05) is 0 Å². The summed E-state index contributed by atoms with van der Waals surface area (Å²) in [6, 6.07) is 11.5. The molecule has 0 radical (unpaired) electrons. The molecule has 0 saturated carbocycles. The van der Waals surface area contributed by atoms with E-state index in [4.69, 9.17) is 27.9 Å². The minimum absolute atomic E-state index is 0.0882. The SMILES string of the molecule is C/C(=N\NC(=O)C(C)Oc1ccc(Cl)cc1Cl)c1ccccc1O. The lowest BCUT2D eigenvalue weighted by molar-refractivity contribution is -0.127. The van der Waals surface area contributed by atoms with E-state index in [0.29, 0.717) is 27.1 Å². The molecular formula is C17H16Cl2N2O3. The maximum Gasteiger partial charge on any atom is 0.280 e. The molecule has 0 saturated heterocycles. The number of nitrogens with one attached hydrogen (secondary N) is 1. The molecule has 0 aromatic heterocycles. The van der Waals surface area contributed by atoms with Crippen LogP contribution in [0.15, 0.2) is 47.6 Å². The van der Waals surface area contributed by atoms with Crippen LogP contribution in [0.1, 0.15) is 19.4 Å². The molecular weight excluding hydrogens is 351 g/mol. The fourth-order valence-corrected chi connectivity index (χ4v) is 2.34. The zero-order valence-corrected chi connectivity index (χ0v) is 14.6. The number of hydrazone groups is 1. The molecule has 2 rings (SSSR count). The Labute approximate surface area is 149 Å². The lowest BCUT2D eigenvalue weighted by atomic mass is 10.1. The summed E-state index contributed by atoms with van der Waals surface area (Å²) in [4.78, 5) is 12.1. The molecule has 0 bridgehead atoms. The highest BCUT2D eigenvalue weighted by molar-refractivity contribution is 6.35. The standard InChI is InChI=1S/C17H16Cl2N2O3/c1-10(13-5-3-4-6-15(13)22)20-21-17(23)11(2)24-16-8-7-12(18)9-14(16)19/h3-9,11,22H,1-2H3,(H,21,23)/b20-10+. The minimum atomic E-state index is -0.815. The number of phenols is 1. The molecule has 1 amide bonds. The maximum atomic E-state index is 12.1. The van der Waals surface area contributed by atoms with E-state index < -0.39 is 12.0 Å². The molecule has 0 aliphatic rings. The molecule has 7 heteroatoms. The van der Waals surface area contributed by atoms with E-state index in [1.165, 1.54) is 6.07 Å². The summed E-state index contributed by atoms with van der Waals surface area (Å²) < 4.78 is 5.50. The molecule has 5 nitrogen and oxygen atoms in total. The van der Waals surface area contributed by atoms with Crippen LogP contribution in [0.5, 0.6) is 11.5 Å². The van der Waals surface area contributed by atoms with Gasteiger partial charge in [-0.2, -0.15) is 5.10 Å². The second-order valence-corrected chi connectivity index (χ2v) is 5.87. The van der Waals surface area contributed by atoms with Gasteiger partial charge in [-0.3, -0.25) is 4.79 Å². The molecule has 0 aliphatic carbocycles. The van der Waals surface area contributed by atoms with Crippen molar-refractivity contribution in [2.24, 2.45) is 5.10 Å². The minimum Gasteiger partial charge on any atom is -0.507 e. The molecule has 0 spiro atoms. The smallest absolute Gasteiger partial charge is 0.280 e. The maximum absolute atomic E-state index is 12.1. The summed E-state index contributed by atoms with van der Waals surface area (Å²) >= 11 is 11.8. The zero-order chi connectivity index (χ0) is 17.7. The van der Waals surface area contributed by atoms with E-state index in [2.05, 4.69) is 10.5 Å². The number of carbonyl (C=O) groups is 1. The van der Waals surface area contributed by atoms with Crippen molar-refractivity contribution in [3.05, 3.63) is 58.1 Å². The van der Waals surface area contributed by atoms with Gasteiger partial charge >= 0.3 is 0 Å². The number of amides is 1. The molecule has 0 heterocycles. The second kappa shape index (κ2) is 8.04. The average molecular weight is 367 g/mol. The van der Waals surface area contributed by atoms with Crippen molar-refractivity contribution >= 4 is 34.8 Å². The highest BCUT2D eigenvalue weighted by atomic mass is 35.5. The van der Waals surface area contributed by atoms with Gasteiger partial charge in [-0.1, -0.05) is 35.3 Å². The summed E-state index contributed by atoms with van der Waals surface area (Å²) in [7, 11) is 0. The molecule has 0 fully saturated rings. The Morgan fingerprint density at radius 2 is 1.96 bits per heavy atom. The van der Waals surface area contributed by atoms with Gasteiger partial charge in [0, 0.05) is 10.6 Å². The molecule has 2 N–H and O–H groups in total. The van der Waals surface area contributed by atoms with Gasteiger partial charge in [0.25, 0.3) is 5.91 Å². The van der Waals surface area contributed by atoms with Crippen molar-refractivity contribution in [3.63, 3.8) is 0 Å². The van der Waals surface area contributed by atoms with Crippen LogP contribution in [0.4, 0.5) is 0 Å². The van der Waals surface area contributed by atoms with Crippen molar-refractivity contribution in [1.29, 1.82) is 0 Å². The van der Waals surface area contributed by atoms with E-state index in [9.17, 15) is 9.90 Å². The van der Waals surface area contributed by atoms with Gasteiger partial charge in [-0.15, -0.1) is 0 Å². The number of hydrogen-bond donors (Lipinski definition) is 2. The summed E-state index contributed by atoms with van der Waals surface area (Å²) in [6.45, 7) is 3.25. The third-order valence-corrected chi connectivity index (χ3v) is 3.73. The Kier molecular flexibility index (Phi) is 6.06. The average Bonchev–Trinajstić information content (AvgIpc) is 2.55. The Hall–Kier alpha value is -2.24. The van der Waals surface area contributed by atoms with Crippen molar-refractivity contribution in [3.8, 4) is 11.5 Å². The van der Waals surface area contributed by atoms with Crippen LogP contribution in [0.25, 0.3) is 0 Å². The van der Waals surface area contributed by atoms with E-state index in [-0.39, 0.29) is 5.75 Å².